The average molecular weight is 424 g/mol. The topological polar surface area (TPSA) is 26.3 Å². The van der Waals surface area contributed by atoms with Gasteiger partial charge in [0.25, 0.3) is 0 Å². The fraction of sp³-hybridized carbons (Fsp3) is 0.947. The van der Waals surface area contributed by atoms with Crippen LogP contribution in [0.1, 0.15) is 103 Å². The van der Waals surface area contributed by atoms with Crippen LogP contribution in [-0.4, -0.2) is 17.0 Å². The van der Waals surface area contributed by atoms with E-state index >= 15 is 0 Å². The van der Waals surface area contributed by atoms with Crippen LogP contribution in [-0.2, 0) is 9.53 Å². The highest BCUT2D eigenvalue weighted by atomic mass is 127. The van der Waals surface area contributed by atoms with E-state index in [0.717, 1.165) is 6.42 Å². The molecule has 0 aromatic carbocycles. The maximum absolute atomic E-state index is 11.2. The van der Waals surface area contributed by atoms with Gasteiger partial charge >= 0.3 is 5.97 Å². The lowest BCUT2D eigenvalue weighted by molar-refractivity contribution is -0.143. The number of unbranched alkanes of at least 4 members (excludes halogenated alkanes) is 13. The quantitative estimate of drug-likeness (QED) is 0.111. The Bertz CT molecular complexity index is 231. The Morgan fingerprint density at radius 1 is 0.682 bits per heavy atom. The van der Waals surface area contributed by atoms with E-state index in [4.69, 9.17) is 4.74 Å². The molecule has 0 unspecified atom stereocenters. The first-order chi connectivity index (χ1) is 10.8. The summed E-state index contributed by atoms with van der Waals surface area (Å²) in [5.41, 5.74) is 0. The first-order valence-electron chi connectivity index (χ1n) is 9.52. The van der Waals surface area contributed by atoms with Crippen molar-refractivity contribution in [1.29, 1.82) is 0 Å². The van der Waals surface area contributed by atoms with Gasteiger partial charge in [-0.25, -0.2) is 0 Å². The summed E-state index contributed by atoms with van der Waals surface area (Å²) in [4.78, 5) is 11.2. The highest BCUT2D eigenvalue weighted by Crippen LogP contribution is 2.13. The molecule has 0 fully saturated rings. The first kappa shape index (κ1) is 22.2. The molecule has 0 spiro atoms. The molecular weight excluding hydrogens is 387 g/mol. The van der Waals surface area contributed by atoms with E-state index in [2.05, 4.69) is 22.6 Å². The van der Waals surface area contributed by atoms with Crippen molar-refractivity contribution in [2.45, 2.75) is 103 Å². The van der Waals surface area contributed by atoms with E-state index in [-0.39, 0.29) is 5.97 Å². The van der Waals surface area contributed by atoms with Crippen molar-refractivity contribution in [3.63, 3.8) is 0 Å². The lowest BCUT2D eigenvalue weighted by atomic mass is 10.0. The molecule has 0 saturated heterocycles. The molecule has 22 heavy (non-hydrogen) atoms. The van der Waals surface area contributed by atoms with Crippen molar-refractivity contribution in [3.05, 3.63) is 0 Å². The molecule has 0 aromatic heterocycles. The number of esters is 1. The SMILES string of the molecule is CCOC(=O)CCCCCCCCCCCCCCCCI. The van der Waals surface area contributed by atoms with Crippen molar-refractivity contribution in [3.8, 4) is 0 Å². The lowest BCUT2D eigenvalue weighted by Gasteiger charge is -2.03. The van der Waals surface area contributed by atoms with Crippen LogP contribution < -0.4 is 0 Å². The number of rotatable bonds is 17. The first-order valence-corrected chi connectivity index (χ1v) is 11.1. The average Bonchev–Trinajstić information content (AvgIpc) is 2.51. The molecule has 0 radical (unpaired) electrons. The van der Waals surface area contributed by atoms with Gasteiger partial charge in [-0.15, -0.1) is 0 Å². The van der Waals surface area contributed by atoms with Crippen molar-refractivity contribution >= 4 is 28.6 Å². The molecule has 0 aliphatic rings. The summed E-state index contributed by atoms with van der Waals surface area (Å²) >= 11 is 2.47. The Kier molecular flexibility index (Phi) is 19.4. The largest absolute Gasteiger partial charge is 0.466 e. The van der Waals surface area contributed by atoms with Crippen LogP contribution in [0.15, 0.2) is 0 Å². The van der Waals surface area contributed by atoms with Gasteiger partial charge in [0.2, 0.25) is 0 Å². The Hall–Kier alpha value is 0.200. The normalized spacial score (nSPS) is 10.8. The zero-order valence-corrected chi connectivity index (χ0v) is 16.9. The molecule has 0 N–H and O–H groups in total. The molecule has 0 aliphatic heterocycles. The molecule has 0 saturated carbocycles. The fourth-order valence-electron chi connectivity index (χ4n) is 2.72. The monoisotopic (exact) mass is 424 g/mol. The molecule has 3 heteroatoms. The number of alkyl halides is 1. The summed E-state index contributed by atoms with van der Waals surface area (Å²) in [5, 5.41) is 0. The summed E-state index contributed by atoms with van der Waals surface area (Å²) in [6.45, 7) is 2.38. The predicted molar refractivity (Wildman–Crippen MR) is 105 cm³/mol. The molecule has 132 valence electrons. The maximum Gasteiger partial charge on any atom is 0.305 e. The summed E-state index contributed by atoms with van der Waals surface area (Å²) in [5.74, 6) is -0.0307. The minimum atomic E-state index is -0.0307. The van der Waals surface area contributed by atoms with E-state index in [1.54, 1.807) is 0 Å². The van der Waals surface area contributed by atoms with Gasteiger partial charge in [0.15, 0.2) is 0 Å². The Morgan fingerprint density at radius 2 is 1.05 bits per heavy atom. The Balaban J connectivity index is 3.01. The minimum absolute atomic E-state index is 0.0307. The number of hydrogen-bond donors (Lipinski definition) is 0. The zero-order chi connectivity index (χ0) is 16.3. The van der Waals surface area contributed by atoms with Crippen molar-refractivity contribution in [2.24, 2.45) is 0 Å². The van der Waals surface area contributed by atoms with Gasteiger partial charge in [-0.3, -0.25) is 4.79 Å². The van der Waals surface area contributed by atoms with Crippen LogP contribution in [0.2, 0.25) is 0 Å². The van der Waals surface area contributed by atoms with Gasteiger partial charge in [0, 0.05) is 6.42 Å². The molecule has 0 bridgehead atoms. The highest BCUT2D eigenvalue weighted by Gasteiger charge is 2.00. The second-order valence-corrected chi connectivity index (χ2v) is 7.27. The standard InChI is InChI=1S/C19H37IO2/c1-2-22-19(21)17-15-13-11-9-7-5-3-4-6-8-10-12-14-16-18-20/h2-18H2,1H3. The molecule has 0 amide bonds. The van der Waals surface area contributed by atoms with Crippen molar-refractivity contribution in [1.82, 2.24) is 0 Å². The van der Waals surface area contributed by atoms with Gasteiger partial charge < -0.3 is 4.74 Å². The van der Waals surface area contributed by atoms with E-state index in [0.29, 0.717) is 13.0 Å². The molecule has 0 aliphatic carbocycles. The van der Waals surface area contributed by atoms with E-state index in [1.165, 1.54) is 87.9 Å². The van der Waals surface area contributed by atoms with Crippen LogP contribution in [0.5, 0.6) is 0 Å². The summed E-state index contributed by atoms with van der Waals surface area (Å²) < 4.78 is 6.24. The van der Waals surface area contributed by atoms with Gasteiger partial charge in [0.1, 0.15) is 0 Å². The molecular formula is C19H37IO2. The number of carbonyl (C=O) groups is 1. The third-order valence-electron chi connectivity index (χ3n) is 4.07. The molecule has 0 rings (SSSR count). The third kappa shape index (κ3) is 18.2. The summed E-state index contributed by atoms with van der Waals surface area (Å²) in [6.07, 6.45) is 19.6. The third-order valence-corrected chi connectivity index (χ3v) is 4.83. The summed E-state index contributed by atoms with van der Waals surface area (Å²) in [6, 6.07) is 0. The molecule has 0 atom stereocenters. The maximum atomic E-state index is 11.2. The van der Waals surface area contributed by atoms with Gasteiger partial charge in [0.05, 0.1) is 6.61 Å². The fourth-order valence-corrected chi connectivity index (χ4v) is 3.26. The minimum Gasteiger partial charge on any atom is -0.466 e. The van der Waals surface area contributed by atoms with Crippen LogP contribution in [0.25, 0.3) is 0 Å². The predicted octanol–water partition coefficient (Wildman–Crippen LogP) is 6.84. The van der Waals surface area contributed by atoms with E-state index in [1.807, 2.05) is 6.92 Å². The van der Waals surface area contributed by atoms with Gasteiger partial charge in [-0.2, -0.15) is 0 Å². The second-order valence-electron chi connectivity index (χ2n) is 6.19. The molecule has 0 heterocycles. The summed E-state index contributed by atoms with van der Waals surface area (Å²) in [7, 11) is 0. The Labute approximate surface area is 152 Å². The van der Waals surface area contributed by atoms with E-state index < -0.39 is 0 Å². The second kappa shape index (κ2) is 19.2. The van der Waals surface area contributed by atoms with Crippen molar-refractivity contribution < 1.29 is 9.53 Å². The Morgan fingerprint density at radius 3 is 1.41 bits per heavy atom. The lowest BCUT2D eigenvalue weighted by Crippen LogP contribution is -2.03. The number of halogens is 1. The smallest absolute Gasteiger partial charge is 0.305 e. The number of carbonyl (C=O) groups excluding carboxylic acids is 1. The van der Waals surface area contributed by atoms with Crippen LogP contribution in [0, 0.1) is 0 Å². The van der Waals surface area contributed by atoms with Crippen LogP contribution in [0.4, 0.5) is 0 Å². The number of ether oxygens (including phenoxy) is 1. The van der Waals surface area contributed by atoms with Crippen LogP contribution >= 0.6 is 22.6 Å². The van der Waals surface area contributed by atoms with E-state index in [9.17, 15) is 4.79 Å². The molecule has 0 aromatic rings. The van der Waals surface area contributed by atoms with Gasteiger partial charge in [-0.05, 0) is 24.2 Å². The van der Waals surface area contributed by atoms with Gasteiger partial charge in [-0.1, -0.05) is 99.6 Å². The molecule has 2 nitrogen and oxygen atoms in total. The highest BCUT2D eigenvalue weighted by molar-refractivity contribution is 14.1. The van der Waals surface area contributed by atoms with Crippen molar-refractivity contribution in [2.75, 3.05) is 11.0 Å². The number of hydrogen-bond acceptors (Lipinski definition) is 2. The zero-order valence-electron chi connectivity index (χ0n) is 14.7. The van der Waals surface area contributed by atoms with Crippen LogP contribution in [0.3, 0.4) is 0 Å².